The van der Waals surface area contributed by atoms with Crippen LogP contribution in [0.15, 0.2) is 0 Å². The number of ether oxygens (including phenoxy) is 2. The molecule has 128 valence electrons. The summed E-state index contributed by atoms with van der Waals surface area (Å²) in [6, 6.07) is 0.825. The van der Waals surface area contributed by atoms with Crippen LogP contribution in [-0.4, -0.2) is 54.5 Å². The van der Waals surface area contributed by atoms with Crippen LogP contribution in [-0.2, 0) is 9.47 Å². The second-order valence-corrected chi connectivity index (χ2v) is 7.76. The predicted molar refractivity (Wildman–Crippen MR) is 86.9 cm³/mol. The molecule has 2 fully saturated rings. The lowest BCUT2D eigenvalue weighted by atomic mass is 9.91. The lowest BCUT2D eigenvalue weighted by Crippen LogP contribution is -2.50. The average molecular weight is 312 g/mol. The minimum absolute atomic E-state index is 0.179. The minimum atomic E-state index is -0.426. The van der Waals surface area contributed by atoms with Crippen LogP contribution in [0.5, 0.6) is 0 Å². The third kappa shape index (κ3) is 4.85. The summed E-state index contributed by atoms with van der Waals surface area (Å²) in [5.41, 5.74) is -0.426. The van der Waals surface area contributed by atoms with E-state index in [4.69, 9.17) is 9.47 Å². The summed E-state index contributed by atoms with van der Waals surface area (Å²) in [7, 11) is 0. The van der Waals surface area contributed by atoms with Crippen molar-refractivity contribution in [2.75, 3.05) is 19.7 Å². The van der Waals surface area contributed by atoms with Gasteiger partial charge in [-0.15, -0.1) is 0 Å². The number of nitrogens with one attached hydrogen (secondary N) is 1. The minimum Gasteiger partial charge on any atom is -0.444 e. The highest BCUT2D eigenvalue weighted by atomic mass is 16.6. The maximum atomic E-state index is 12.2. The molecule has 0 aromatic carbocycles. The van der Waals surface area contributed by atoms with Gasteiger partial charge >= 0.3 is 6.09 Å². The highest BCUT2D eigenvalue weighted by Crippen LogP contribution is 2.23. The van der Waals surface area contributed by atoms with Crippen LogP contribution in [0, 0.1) is 5.92 Å². The van der Waals surface area contributed by atoms with Crippen LogP contribution in [0.25, 0.3) is 0 Å². The summed E-state index contributed by atoms with van der Waals surface area (Å²) in [6.45, 7) is 12.5. The quantitative estimate of drug-likeness (QED) is 0.870. The van der Waals surface area contributed by atoms with E-state index in [0.717, 1.165) is 39.0 Å². The Morgan fingerprint density at radius 2 is 2.09 bits per heavy atom. The van der Waals surface area contributed by atoms with Crippen LogP contribution in [0.4, 0.5) is 4.79 Å². The van der Waals surface area contributed by atoms with Crippen LogP contribution in [0.2, 0.25) is 0 Å². The van der Waals surface area contributed by atoms with Gasteiger partial charge in [0, 0.05) is 31.8 Å². The molecule has 5 heteroatoms. The van der Waals surface area contributed by atoms with E-state index in [0.29, 0.717) is 18.0 Å². The van der Waals surface area contributed by atoms with Crippen molar-refractivity contribution < 1.29 is 14.3 Å². The largest absolute Gasteiger partial charge is 0.444 e. The fourth-order valence-corrected chi connectivity index (χ4v) is 3.33. The molecule has 0 bridgehead atoms. The van der Waals surface area contributed by atoms with Crippen molar-refractivity contribution in [3.63, 3.8) is 0 Å². The molecule has 22 heavy (non-hydrogen) atoms. The molecule has 0 aromatic rings. The van der Waals surface area contributed by atoms with Gasteiger partial charge in [0.25, 0.3) is 0 Å². The van der Waals surface area contributed by atoms with Gasteiger partial charge in [-0.3, -0.25) is 0 Å². The smallest absolute Gasteiger partial charge is 0.410 e. The first-order chi connectivity index (χ1) is 10.3. The van der Waals surface area contributed by atoms with Crippen molar-refractivity contribution >= 4 is 6.09 Å². The van der Waals surface area contributed by atoms with Gasteiger partial charge in [-0.25, -0.2) is 4.79 Å². The first-order valence-electron chi connectivity index (χ1n) is 8.62. The fraction of sp³-hybridized carbons (Fsp3) is 0.941. The number of likely N-dealkylation sites (tertiary alicyclic amines) is 1. The molecule has 1 amide bonds. The van der Waals surface area contributed by atoms with Crippen molar-refractivity contribution in [3.05, 3.63) is 0 Å². The zero-order valence-electron chi connectivity index (χ0n) is 14.7. The van der Waals surface area contributed by atoms with Crippen molar-refractivity contribution in [2.45, 2.75) is 77.7 Å². The molecule has 5 nitrogen and oxygen atoms in total. The van der Waals surface area contributed by atoms with Crippen LogP contribution < -0.4 is 5.32 Å². The third-order valence-corrected chi connectivity index (χ3v) is 4.67. The van der Waals surface area contributed by atoms with Gasteiger partial charge in [-0.2, -0.15) is 0 Å². The monoisotopic (exact) mass is 312 g/mol. The lowest BCUT2D eigenvalue weighted by molar-refractivity contribution is 0.0142. The predicted octanol–water partition coefficient (Wildman–Crippen LogP) is 2.79. The van der Waals surface area contributed by atoms with Crippen LogP contribution >= 0.6 is 0 Å². The zero-order valence-corrected chi connectivity index (χ0v) is 14.7. The molecule has 0 spiro atoms. The van der Waals surface area contributed by atoms with E-state index >= 15 is 0 Å². The van der Waals surface area contributed by atoms with Crippen LogP contribution in [0.1, 0.15) is 53.9 Å². The van der Waals surface area contributed by atoms with Gasteiger partial charge in [0.05, 0.1) is 6.10 Å². The van der Waals surface area contributed by atoms with Gasteiger partial charge in [0.15, 0.2) is 0 Å². The summed E-state index contributed by atoms with van der Waals surface area (Å²) >= 11 is 0. The number of carbonyl (C=O) groups is 1. The molecule has 0 aliphatic carbocycles. The summed E-state index contributed by atoms with van der Waals surface area (Å²) in [6.07, 6.45) is 3.39. The standard InChI is InChI=1S/C17H32N2O3/c1-12(18-15-8-10-21-13(15)2)14-7-6-9-19(11-14)16(20)22-17(3,4)5/h12-15,18H,6-11H2,1-5H3. The Balaban J connectivity index is 1.85. The third-order valence-electron chi connectivity index (χ3n) is 4.67. The van der Waals surface area contributed by atoms with E-state index in [1.54, 1.807) is 0 Å². The highest BCUT2D eigenvalue weighted by Gasteiger charge is 2.32. The Kier molecular flexibility index (Phi) is 5.72. The molecule has 2 saturated heterocycles. The SMILES string of the molecule is CC(NC1CCOC1C)C1CCCN(C(=O)OC(C)(C)C)C1. The van der Waals surface area contributed by atoms with Gasteiger partial charge in [-0.1, -0.05) is 0 Å². The number of carbonyl (C=O) groups excluding carboxylic acids is 1. The topological polar surface area (TPSA) is 50.8 Å². The van der Waals surface area contributed by atoms with E-state index in [9.17, 15) is 4.79 Å². The molecular formula is C17H32N2O3. The Morgan fingerprint density at radius 1 is 1.36 bits per heavy atom. The van der Waals surface area contributed by atoms with Gasteiger partial charge in [0.2, 0.25) is 0 Å². The number of rotatable bonds is 3. The fourth-order valence-electron chi connectivity index (χ4n) is 3.33. The zero-order chi connectivity index (χ0) is 16.3. The second kappa shape index (κ2) is 7.18. The molecule has 2 heterocycles. The first kappa shape index (κ1) is 17.5. The van der Waals surface area contributed by atoms with Crippen molar-refractivity contribution in [1.82, 2.24) is 10.2 Å². The van der Waals surface area contributed by atoms with E-state index in [-0.39, 0.29) is 12.2 Å². The molecule has 4 atom stereocenters. The molecule has 0 radical (unpaired) electrons. The number of hydrogen-bond donors (Lipinski definition) is 1. The number of nitrogens with zero attached hydrogens (tertiary/aromatic N) is 1. The summed E-state index contributed by atoms with van der Waals surface area (Å²) < 4.78 is 11.1. The number of piperidine rings is 1. The number of amides is 1. The molecule has 2 aliphatic heterocycles. The van der Waals surface area contributed by atoms with Crippen molar-refractivity contribution in [3.8, 4) is 0 Å². The molecule has 0 aromatic heterocycles. The summed E-state index contributed by atoms with van der Waals surface area (Å²) in [5.74, 6) is 0.481. The van der Waals surface area contributed by atoms with E-state index in [2.05, 4.69) is 19.2 Å². The van der Waals surface area contributed by atoms with Crippen LogP contribution in [0.3, 0.4) is 0 Å². The Morgan fingerprint density at radius 3 is 2.68 bits per heavy atom. The lowest BCUT2D eigenvalue weighted by Gasteiger charge is -2.37. The molecule has 2 rings (SSSR count). The van der Waals surface area contributed by atoms with E-state index in [1.165, 1.54) is 0 Å². The van der Waals surface area contributed by atoms with Crippen molar-refractivity contribution in [1.29, 1.82) is 0 Å². The molecular weight excluding hydrogens is 280 g/mol. The number of hydrogen-bond acceptors (Lipinski definition) is 4. The van der Waals surface area contributed by atoms with Crippen molar-refractivity contribution in [2.24, 2.45) is 5.92 Å². The maximum Gasteiger partial charge on any atom is 0.410 e. The molecule has 1 N–H and O–H groups in total. The molecule has 0 saturated carbocycles. The summed E-state index contributed by atoms with van der Waals surface area (Å²) in [5, 5.41) is 3.70. The Labute approximate surface area is 134 Å². The molecule has 2 aliphatic rings. The summed E-state index contributed by atoms with van der Waals surface area (Å²) in [4.78, 5) is 14.1. The van der Waals surface area contributed by atoms with Gasteiger partial charge in [-0.05, 0) is 59.8 Å². The Hall–Kier alpha value is -0.810. The molecule has 4 unspecified atom stereocenters. The second-order valence-electron chi connectivity index (χ2n) is 7.76. The van der Waals surface area contributed by atoms with E-state index < -0.39 is 5.60 Å². The van der Waals surface area contributed by atoms with E-state index in [1.807, 2.05) is 25.7 Å². The first-order valence-corrected chi connectivity index (χ1v) is 8.62. The average Bonchev–Trinajstić information content (AvgIpc) is 2.82. The normalized spacial score (nSPS) is 31.1. The highest BCUT2D eigenvalue weighted by molar-refractivity contribution is 5.68. The van der Waals surface area contributed by atoms with Gasteiger partial charge in [0.1, 0.15) is 5.60 Å². The Bertz CT molecular complexity index is 381. The maximum absolute atomic E-state index is 12.2. The van der Waals surface area contributed by atoms with Gasteiger partial charge < -0.3 is 19.7 Å².